The van der Waals surface area contributed by atoms with Crippen LogP contribution in [0.4, 0.5) is 0 Å². The van der Waals surface area contributed by atoms with Gasteiger partial charge in [-0.1, -0.05) is 0 Å². The normalized spacial score (nSPS) is 16.8. The van der Waals surface area contributed by atoms with Crippen molar-refractivity contribution in [2.45, 2.75) is 57.8 Å². The molecule has 158 valence electrons. The molecule has 1 fully saturated rings. The van der Waals surface area contributed by atoms with Crippen LogP contribution in [0, 0.1) is 16.6 Å². The predicted molar refractivity (Wildman–Crippen MR) is 135 cm³/mol. The second-order valence-corrected chi connectivity index (χ2v) is 11.1. The number of aliphatic hydroxyl groups excluding tert-OH is 1. The second kappa shape index (κ2) is 12.0. The number of benzene rings is 1. The lowest BCUT2D eigenvalue weighted by Crippen LogP contribution is -2.43. The Kier molecular flexibility index (Phi) is 10.7. The Labute approximate surface area is 208 Å². The number of carbonyl (C=O) groups excluding carboxylic acids is 1. The Bertz CT molecular complexity index is 663. The van der Waals surface area contributed by atoms with Crippen LogP contribution in [0.5, 0.6) is 0 Å². The quantitative estimate of drug-likeness (QED) is 0.124. The molecule has 1 aromatic rings. The van der Waals surface area contributed by atoms with Crippen LogP contribution in [0.25, 0.3) is 0 Å². The molecule has 1 unspecified atom stereocenters. The maximum Gasteiger partial charge on any atom is 0.339 e. The van der Waals surface area contributed by atoms with E-state index in [4.69, 9.17) is 9.47 Å². The van der Waals surface area contributed by atoms with E-state index in [1.165, 1.54) is 0 Å². The molecule has 0 aromatic heterocycles. The van der Waals surface area contributed by atoms with Crippen LogP contribution in [0.1, 0.15) is 56.3 Å². The smallest absolute Gasteiger partial charge is 0.339 e. The van der Waals surface area contributed by atoms with Crippen LogP contribution in [0.15, 0.2) is 12.1 Å². The van der Waals surface area contributed by atoms with Crippen LogP contribution in [-0.2, 0) is 9.47 Å². The first kappa shape index (κ1) is 25.0. The van der Waals surface area contributed by atoms with Crippen molar-refractivity contribution in [3.8, 4) is 0 Å². The number of hydrogen-bond donors (Lipinski definition) is 2. The SMILES string of the molecule is CC(C)(OC(O)CCCCOC(=O)c1cc(I)cc(I)c1I)C1CCNCC1. The van der Waals surface area contributed by atoms with Gasteiger partial charge < -0.3 is 19.9 Å². The molecular formula is C20H28I3NO4. The summed E-state index contributed by atoms with van der Waals surface area (Å²) < 4.78 is 14.3. The maximum atomic E-state index is 12.3. The van der Waals surface area contributed by atoms with Gasteiger partial charge in [-0.2, -0.15) is 0 Å². The zero-order valence-electron chi connectivity index (χ0n) is 16.3. The molecule has 1 aliphatic rings. The van der Waals surface area contributed by atoms with Crippen molar-refractivity contribution in [2.75, 3.05) is 19.7 Å². The number of nitrogens with one attached hydrogen (secondary N) is 1. The summed E-state index contributed by atoms with van der Waals surface area (Å²) in [7, 11) is 0. The summed E-state index contributed by atoms with van der Waals surface area (Å²) in [6, 6.07) is 3.89. The molecular weight excluding hydrogens is 699 g/mol. The van der Waals surface area contributed by atoms with Gasteiger partial charge >= 0.3 is 5.97 Å². The Balaban J connectivity index is 1.69. The van der Waals surface area contributed by atoms with Gasteiger partial charge in [0.1, 0.15) is 0 Å². The van der Waals surface area contributed by atoms with E-state index < -0.39 is 6.29 Å². The van der Waals surface area contributed by atoms with Gasteiger partial charge in [-0.3, -0.25) is 0 Å². The van der Waals surface area contributed by atoms with Crippen molar-refractivity contribution in [3.63, 3.8) is 0 Å². The zero-order chi connectivity index (χ0) is 20.7. The first-order valence-electron chi connectivity index (χ1n) is 9.59. The number of aliphatic hydroxyl groups is 1. The van der Waals surface area contributed by atoms with Crippen LogP contribution in [0.3, 0.4) is 0 Å². The van der Waals surface area contributed by atoms with Crippen molar-refractivity contribution in [1.82, 2.24) is 5.32 Å². The number of esters is 1. The van der Waals surface area contributed by atoms with Crippen LogP contribution in [-0.4, -0.2) is 42.7 Å². The minimum absolute atomic E-state index is 0.287. The van der Waals surface area contributed by atoms with Crippen LogP contribution >= 0.6 is 67.8 Å². The molecule has 0 radical (unpaired) electrons. The van der Waals surface area contributed by atoms with Gasteiger partial charge in [0, 0.05) is 10.7 Å². The van der Waals surface area contributed by atoms with E-state index in [1.807, 2.05) is 12.1 Å². The maximum absolute atomic E-state index is 12.3. The summed E-state index contributed by atoms with van der Waals surface area (Å²) in [5, 5.41) is 13.6. The van der Waals surface area contributed by atoms with Gasteiger partial charge in [-0.15, -0.1) is 0 Å². The molecule has 1 aliphatic heterocycles. The van der Waals surface area contributed by atoms with Gasteiger partial charge in [-0.25, -0.2) is 4.79 Å². The average Bonchev–Trinajstić information content (AvgIpc) is 2.64. The molecule has 5 nitrogen and oxygen atoms in total. The van der Waals surface area contributed by atoms with E-state index in [-0.39, 0.29) is 11.6 Å². The summed E-state index contributed by atoms with van der Waals surface area (Å²) in [6.07, 6.45) is 3.37. The van der Waals surface area contributed by atoms with E-state index in [0.717, 1.165) is 43.1 Å². The number of piperidine rings is 1. The number of hydrogen-bond acceptors (Lipinski definition) is 5. The summed E-state index contributed by atoms with van der Waals surface area (Å²) in [5.41, 5.74) is 0.288. The molecule has 0 aliphatic carbocycles. The number of ether oxygens (including phenoxy) is 2. The Morgan fingerprint density at radius 1 is 1.25 bits per heavy atom. The molecule has 2 N–H and O–H groups in total. The fraction of sp³-hybridized carbons (Fsp3) is 0.650. The molecule has 8 heteroatoms. The fourth-order valence-corrected chi connectivity index (χ4v) is 5.77. The number of halogens is 3. The van der Waals surface area contributed by atoms with E-state index in [2.05, 4.69) is 86.9 Å². The summed E-state index contributed by atoms with van der Waals surface area (Å²) >= 11 is 6.61. The third-order valence-electron chi connectivity index (χ3n) is 5.05. The minimum atomic E-state index is -0.779. The lowest BCUT2D eigenvalue weighted by molar-refractivity contribution is -0.197. The van der Waals surface area contributed by atoms with Gasteiger partial charge in [0.2, 0.25) is 0 Å². The molecule has 0 amide bonds. The lowest BCUT2D eigenvalue weighted by Gasteiger charge is -2.38. The minimum Gasteiger partial charge on any atom is -0.462 e. The highest BCUT2D eigenvalue weighted by molar-refractivity contribution is 14.1. The highest BCUT2D eigenvalue weighted by Gasteiger charge is 2.33. The molecule has 0 spiro atoms. The third kappa shape index (κ3) is 7.78. The summed E-state index contributed by atoms with van der Waals surface area (Å²) in [4.78, 5) is 12.3. The third-order valence-corrected chi connectivity index (χ3v) is 8.72. The Hall–Kier alpha value is 0.760. The van der Waals surface area contributed by atoms with Gasteiger partial charge in [0.25, 0.3) is 0 Å². The topological polar surface area (TPSA) is 67.8 Å². The standard InChI is InChI=1S/C20H28I3NO4/c1-20(2,13-6-8-24-9-7-13)28-17(25)5-3-4-10-27-19(26)15-11-14(21)12-16(22)18(15)23/h11-13,17,24-25H,3-10H2,1-2H3. The molecule has 1 atom stereocenters. The van der Waals surface area contributed by atoms with Crippen LogP contribution < -0.4 is 5.32 Å². The van der Waals surface area contributed by atoms with E-state index in [1.54, 1.807) is 0 Å². The highest BCUT2D eigenvalue weighted by atomic mass is 127. The Morgan fingerprint density at radius 2 is 1.93 bits per heavy atom. The van der Waals surface area contributed by atoms with Crippen molar-refractivity contribution in [2.24, 2.45) is 5.92 Å². The average molecular weight is 727 g/mol. The molecule has 0 saturated carbocycles. The van der Waals surface area contributed by atoms with Gasteiger partial charge in [0.05, 0.1) is 17.8 Å². The van der Waals surface area contributed by atoms with Crippen molar-refractivity contribution in [1.29, 1.82) is 0 Å². The van der Waals surface area contributed by atoms with E-state index in [9.17, 15) is 9.90 Å². The highest BCUT2D eigenvalue weighted by Crippen LogP contribution is 2.30. The van der Waals surface area contributed by atoms with E-state index in [0.29, 0.717) is 30.9 Å². The largest absolute Gasteiger partial charge is 0.462 e. The molecule has 1 heterocycles. The number of carbonyl (C=O) groups is 1. The lowest BCUT2D eigenvalue weighted by atomic mass is 9.83. The van der Waals surface area contributed by atoms with Crippen LogP contribution in [0.2, 0.25) is 0 Å². The van der Waals surface area contributed by atoms with Crippen molar-refractivity contribution < 1.29 is 19.4 Å². The first-order valence-corrected chi connectivity index (χ1v) is 12.8. The number of unbranched alkanes of at least 4 members (excludes halogenated alkanes) is 1. The fourth-order valence-electron chi connectivity index (χ4n) is 3.39. The molecule has 28 heavy (non-hydrogen) atoms. The predicted octanol–water partition coefficient (Wildman–Crippen LogP) is 4.94. The van der Waals surface area contributed by atoms with Crippen molar-refractivity contribution >= 4 is 73.7 Å². The second-order valence-electron chi connectivity index (χ2n) is 7.58. The molecule has 1 saturated heterocycles. The first-order chi connectivity index (χ1) is 13.2. The summed E-state index contributed by atoms with van der Waals surface area (Å²) in [5.74, 6) is 0.174. The van der Waals surface area contributed by atoms with Gasteiger partial charge in [0.15, 0.2) is 6.29 Å². The van der Waals surface area contributed by atoms with E-state index >= 15 is 0 Å². The molecule has 0 bridgehead atoms. The molecule has 2 rings (SSSR count). The monoisotopic (exact) mass is 727 g/mol. The Morgan fingerprint density at radius 3 is 2.61 bits per heavy atom. The zero-order valence-corrected chi connectivity index (χ0v) is 22.7. The molecule has 1 aromatic carbocycles. The van der Waals surface area contributed by atoms with Crippen molar-refractivity contribution in [3.05, 3.63) is 28.4 Å². The van der Waals surface area contributed by atoms with Gasteiger partial charge in [-0.05, 0) is 145 Å². The summed E-state index contributed by atoms with van der Waals surface area (Å²) in [6.45, 7) is 6.51. The number of rotatable bonds is 9.